The van der Waals surface area contributed by atoms with Gasteiger partial charge in [0.1, 0.15) is 0 Å². The van der Waals surface area contributed by atoms with Crippen molar-refractivity contribution in [2.45, 2.75) is 46.2 Å². The third-order valence-corrected chi connectivity index (χ3v) is 3.50. The van der Waals surface area contributed by atoms with E-state index in [9.17, 15) is 0 Å². The monoisotopic (exact) mass is 199 g/mol. The Bertz CT molecular complexity index is 152. The summed E-state index contributed by atoms with van der Waals surface area (Å²) in [4.78, 5) is 2.59. The summed E-state index contributed by atoms with van der Waals surface area (Å²) in [6.07, 6.45) is 1.34. The molecular weight excluding hydrogens is 174 g/mol. The standard InChI is InChI=1S/C12H25NO/c1-9(2)11-6-7-13(10(3)4)12(11)8-14-5/h9-12H,6-8H2,1-5H3. The zero-order valence-electron chi connectivity index (χ0n) is 10.3. The molecule has 0 bridgehead atoms. The first-order chi connectivity index (χ1) is 6.57. The molecule has 2 unspecified atom stereocenters. The highest BCUT2D eigenvalue weighted by Gasteiger charge is 2.36. The van der Waals surface area contributed by atoms with Crippen molar-refractivity contribution in [2.24, 2.45) is 11.8 Å². The molecule has 84 valence electrons. The van der Waals surface area contributed by atoms with Gasteiger partial charge in [0.25, 0.3) is 0 Å². The lowest BCUT2D eigenvalue weighted by atomic mass is 9.89. The Morgan fingerprint density at radius 1 is 1.29 bits per heavy atom. The van der Waals surface area contributed by atoms with Gasteiger partial charge in [-0.2, -0.15) is 0 Å². The van der Waals surface area contributed by atoms with E-state index in [0.29, 0.717) is 12.1 Å². The number of ether oxygens (including phenoxy) is 1. The molecule has 0 saturated carbocycles. The van der Waals surface area contributed by atoms with Crippen LogP contribution in [0.1, 0.15) is 34.1 Å². The second-order valence-electron chi connectivity index (χ2n) is 5.05. The fraction of sp³-hybridized carbons (Fsp3) is 1.00. The van der Waals surface area contributed by atoms with E-state index in [0.717, 1.165) is 18.4 Å². The molecule has 2 heteroatoms. The molecule has 1 aliphatic heterocycles. The van der Waals surface area contributed by atoms with Crippen LogP contribution in [0, 0.1) is 11.8 Å². The Morgan fingerprint density at radius 2 is 1.93 bits per heavy atom. The topological polar surface area (TPSA) is 12.5 Å². The number of methoxy groups -OCH3 is 1. The highest BCUT2D eigenvalue weighted by Crippen LogP contribution is 2.31. The molecule has 0 N–H and O–H groups in total. The van der Waals surface area contributed by atoms with Crippen molar-refractivity contribution < 1.29 is 4.74 Å². The smallest absolute Gasteiger partial charge is 0.0620 e. The minimum Gasteiger partial charge on any atom is -0.383 e. The molecule has 0 amide bonds. The molecule has 14 heavy (non-hydrogen) atoms. The molecule has 0 spiro atoms. The van der Waals surface area contributed by atoms with Gasteiger partial charge in [0.2, 0.25) is 0 Å². The van der Waals surface area contributed by atoms with E-state index in [2.05, 4.69) is 32.6 Å². The van der Waals surface area contributed by atoms with Crippen molar-refractivity contribution in [1.82, 2.24) is 4.90 Å². The number of likely N-dealkylation sites (tertiary alicyclic amines) is 1. The van der Waals surface area contributed by atoms with E-state index in [4.69, 9.17) is 4.74 Å². The molecule has 2 atom stereocenters. The van der Waals surface area contributed by atoms with Gasteiger partial charge in [-0.15, -0.1) is 0 Å². The second-order valence-corrected chi connectivity index (χ2v) is 5.05. The van der Waals surface area contributed by atoms with Crippen LogP contribution in [-0.2, 0) is 4.74 Å². The van der Waals surface area contributed by atoms with Gasteiger partial charge in [-0.05, 0) is 38.6 Å². The van der Waals surface area contributed by atoms with Crippen LogP contribution in [0.3, 0.4) is 0 Å². The predicted molar refractivity (Wildman–Crippen MR) is 60.5 cm³/mol. The van der Waals surface area contributed by atoms with Crippen molar-refractivity contribution in [3.63, 3.8) is 0 Å². The summed E-state index contributed by atoms with van der Waals surface area (Å²) >= 11 is 0. The van der Waals surface area contributed by atoms with Crippen LogP contribution < -0.4 is 0 Å². The summed E-state index contributed by atoms with van der Waals surface area (Å²) in [6, 6.07) is 1.29. The van der Waals surface area contributed by atoms with Crippen LogP contribution in [0.15, 0.2) is 0 Å². The predicted octanol–water partition coefficient (Wildman–Crippen LogP) is 2.39. The van der Waals surface area contributed by atoms with Crippen LogP contribution in [0.4, 0.5) is 0 Å². The fourth-order valence-corrected chi connectivity index (χ4v) is 2.71. The average Bonchev–Trinajstić information content (AvgIpc) is 2.48. The quantitative estimate of drug-likeness (QED) is 0.689. The van der Waals surface area contributed by atoms with E-state index >= 15 is 0 Å². The molecule has 1 rings (SSSR count). The highest BCUT2D eigenvalue weighted by molar-refractivity contribution is 4.89. The van der Waals surface area contributed by atoms with Gasteiger partial charge in [-0.1, -0.05) is 13.8 Å². The molecular formula is C12H25NO. The third kappa shape index (κ3) is 2.48. The Morgan fingerprint density at radius 3 is 2.36 bits per heavy atom. The third-order valence-electron chi connectivity index (χ3n) is 3.50. The lowest BCUT2D eigenvalue weighted by Crippen LogP contribution is -2.41. The Kier molecular flexibility index (Phi) is 4.39. The van der Waals surface area contributed by atoms with E-state index in [1.165, 1.54) is 13.0 Å². The number of hydrogen-bond acceptors (Lipinski definition) is 2. The van der Waals surface area contributed by atoms with Crippen LogP contribution >= 0.6 is 0 Å². The molecule has 0 radical (unpaired) electrons. The van der Waals surface area contributed by atoms with Crippen LogP contribution in [0.2, 0.25) is 0 Å². The van der Waals surface area contributed by atoms with Crippen molar-refractivity contribution in [1.29, 1.82) is 0 Å². The normalized spacial score (nSPS) is 29.4. The largest absolute Gasteiger partial charge is 0.383 e. The summed E-state index contributed by atoms with van der Waals surface area (Å²) in [5.41, 5.74) is 0. The lowest BCUT2D eigenvalue weighted by molar-refractivity contribution is 0.0710. The summed E-state index contributed by atoms with van der Waals surface area (Å²) in [5, 5.41) is 0. The van der Waals surface area contributed by atoms with Crippen LogP contribution in [-0.4, -0.2) is 37.2 Å². The van der Waals surface area contributed by atoms with E-state index in [-0.39, 0.29) is 0 Å². The van der Waals surface area contributed by atoms with Gasteiger partial charge < -0.3 is 4.74 Å². The van der Waals surface area contributed by atoms with Gasteiger partial charge in [-0.25, -0.2) is 0 Å². The van der Waals surface area contributed by atoms with Crippen molar-refractivity contribution >= 4 is 0 Å². The SMILES string of the molecule is COCC1C(C(C)C)CCN1C(C)C. The molecule has 1 aliphatic rings. The Labute approximate surface area is 88.6 Å². The maximum Gasteiger partial charge on any atom is 0.0620 e. The molecule has 0 aromatic heterocycles. The van der Waals surface area contributed by atoms with Crippen LogP contribution in [0.5, 0.6) is 0 Å². The van der Waals surface area contributed by atoms with E-state index < -0.39 is 0 Å². The second kappa shape index (κ2) is 5.13. The first-order valence-electron chi connectivity index (χ1n) is 5.82. The van der Waals surface area contributed by atoms with Gasteiger partial charge in [-0.3, -0.25) is 4.90 Å². The number of rotatable bonds is 4. The van der Waals surface area contributed by atoms with Gasteiger partial charge in [0.05, 0.1) is 6.61 Å². The van der Waals surface area contributed by atoms with Gasteiger partial charge in [0.15, 0.2) is 0 Å². The van der Waals surface area contributed by atoms with Crippen molar-refractivity contribution in [2.75, 3.05) is 20.3 Å². The lowest BCUT2D eigenvalue weighted by Gasteiger charge is -2.32. The highest BCUT2D eigenvalue weighted by atomic mass is 16.5. The minimum absolute atomic E-state index is 0.639. The van der Waals surface area contributed by atoms with Crippen molar-refractivity contribution in [3.05, 3.63) is 0 Å². The molecule has 1 saturated heterocycles. The van der Waals surface area contributed by atoms with Gasteiger partial charge >= 0.3 is 0 Å². The minimum atomic E-state index is 0.639. The summed E-state index contributed by atoms with van der Waals surface area (Å²) in [7, 11) is 1.81. The fourth-order valence-electron chi connectivity index (χ4n) is 2.71. The molecule has 2 nitrogen and oxygen atoms in total. The first-order valence-corrected chi connectivity index (χ1v) is 5.82. The maximum absolute atomic E-state index is 5.34. The summed E-state index contributed by atoms with van der Waals surface area (Å²) in [5.74, 6) is 1.59. The Hall–Kier alpha value is -0.0800. The molecule has 1 heterocycles. The Balaban J connectivity index is 2.64. The maximum atomic E-state index is 5.34. The van der Waals surface area contributed by atoms with Crippen molar-refractivity contribution in [3.8, 4) is 0 Å². The zero-order chi connectivity index (χ0) is 10.7. The van der Waals surface area contributed by atoms with Gasteiger partial charge in [0, 0.05) is 19.2 Å². The molecule has 0 aliphatic carbocycles. The van der Waals surface area contributed by atoms with Crippen LogP contribution in [0.25, 0.3) is 0 Å². The molecule has 0 aromatic rings. The number of nitrogens with zero attached hydrogens (tertiary/aromatic N) is 1. The summed E-state index contributed by atoms with van der Waals surface area (Å²) in [6.45, 7) is 11.4. The van der Waals surface area contributed by atoms with E-state index in [1.807, 2.05) is 7.11 Å². The van der Waals surface area contributed by atoms with E-state index in [1.54, 1.807) is 0 Å². The molecule has 0 aromatic carbocycles. The zero-order valence-corrected chi connectivity index (χ0v) is 10.3. The average molecular weight is 199 g/mol. The first kappa shape index (κ1) is 12.0. The number of hydrogen-bond donors (Lipinski definition) is 0. The molecule has 1 fully saturated rings. The summed E-state index contributed by atoms with van der Waals surface area (Å²) < 4.78 is 5.34.